The molecule has 2 amide bonds. The van der Waals surface area contributed by atoms with Gasteiger partial charge in [0.15, 0.2) is 0 Å². The van der Waals surface area contributed by atoms with E-state index in [0.717, 1.165) is 22.3 Å². The Kier molecular flexibility index (Phi) is 7.43. The van der Waals surface area contributed by atoms with Crippen molar-refractivity contribution in [1.82, 2.24) is 15.1 Å². The fourth-order valence-electron chi connectivity index (χ4n) is 4.55. The molecule has 2 aliphatic rings. The fraction of sp³-hybridized carbons (Fsp3) is 0.400. The van der Waals surface area contributed by atoms with Gasteiger partial charge in [0.1, 0.15) is 17.9 Å². The second kappa shape index (κ2) is 10.5. The monoisotopic (exact) mass is 483 g/mol. The molecule has 0 radical (unpaired) electrons. The second-order valence-corrected chi connectivity index (χ2v) is 10.1. The zero-order valence-electron chi connectivity index (χ0n) is 19.3. The van der Waals surface area contributed by atoms with Gasteiger partial charge in [-0.3, -0.25) is 9.59 Å². The van der Waals surface area contributed by atoms with Crippen LogP contribution in [0.5, 0.6) is 0 Å². The van der Waals surface area contributed by atoms with Gasteiger partial charge in [-0.25, -0.2) is 4.79 Å². The largest absolute Gasteiger partial charge is 0.480 e. The Morgan fingerprint density at radius 1 is 1.12 bits per heavy atom. The normalized spacial score (nSPS) is 18.2. The van der Waals surface area contributed by atoms with Crippen LogP contribution in [0.25, 0.3) is 11.1 Å². The van der Waals surface area contributed by atoms with Crippen LogP contribution < -0.4 is 5.32 Å². The van der Waals surface area contributed by atoms with Crippen molar-refractivity contribution in [2.75, 3.05) is 46.1 Å². The number of hydrogen-bond acceptors (Lipinski definition) is 6. The number of alkyl carbamates (subject to hydrolysis) is 1. The molecule has 1 fully saturated rings. The van der Waals surface area contributed by atoms with Crippen LogP contribution >= 0.6 is 11.8 Å². The van der Waals surface area contributed by atoms with Crippen molar-refractivity contribution in [3.63, 3.8) is 0 Å². The number of hydrogen-bond donors (Lipinski definition) is 2. The van der Waals surface area contributed by atoms with Gasteiger partial charge >= 0.3 is 12.1 Å². The van der Waals surface area contributed by atoms with Gasteiger partial charge in [-0.05, 0) is 36.3 Å². The molecule has 0 bridgehead atoms. The predicted molar refractivity (Wildman–Crippen MR) is 131 cm³/mol. The molecule has 34 heavy (non-hydrogen) atoms. The number of amides is 2. The van der Waals surface area contributed by atoms with Crippen LogP contribution in [0, 0.1) is 0 Å². The molecule has 2 aromatic rings. The van der Waals surface area contributed by atoms with Gasteiger partial charge in [0.2, 0.25) is 5.91 Å². The van der Waals surface area contributed by atoms with E-state index in [1.165, 1.54) is 16.7 Å². The molecule has 2 atom stereocenters. The number of ether oxygens (including phenoxy) is 1. The van der Waals surface area contributed by atoms with Crippen LogP contribution in [-0.4, -0.2) is 90.3 Å². The number of rotatable bonds is 7. The summed E-state index contributed by atoms with van der Waals surface area (Å²) in [5.41, 5.74) is 4.51. The fourth-order valence-corrected chi connectivity index (χ4v) is 5.59. The number of thioether (sulfide) groups is 1. The molecule has 180 valence electrons. The maximum absolute atomic E-state index is 13.2. The number of carbonyl (C=O) groups excluding carboxylic acids is 2. The van der Waals surface area contributed by atoms with E-state index in [9.17, 15) is 19.5 Å². The topological polar surface area (TPSA) is 99.2 Å². The SMILES string of the molecule is CN(C)CC(NC(=O)OCC1c2ccccc2-c2ccccc21)C(=O)N1CCSC(C(=O)O)C1. The Bertz CT molecular complexity index is 1030. The van der Waals surface area contributed by atoms with E-state index in [1.807, 2.05) is 50.5 Å². The minimum absolute atomic E-state index is 0.0726. The molecular weight excluding hydrogens is 454 g/mol. The Hall–Kier alpha value is -3.04. The summed E-state index contributed by atoms with van der Waals surface area (Å²) in [6.45, 7) is 1.01. The maximum Gasteiger partial charge on any atom is 0.407 e. The molecule has 8 nitrogen and oxygen atoms in total. The zero-order chi connectivity index (χ0) is 24.2. The van der Waals surface area contributed by atoms with E-state index < -0.39 is 23.4 Å². The Morgan fingerprint density at radius 2 is 1.74 bits per heavy atom. The van der Waals surface area contributed by atoms with Crippen molar-refractivity contribution in [2.45, 2.75) is 17.2 Å². The highest BCUT2D eigenvalue weighted by atomic mass is 32.2. The van der Waals surface area contributed by atoms with Crippen molar-refractivity contribution < 1.29 is 24.2 Å². The first kappa shape index (κ1) is 24.1. The van der Waals surface area contributed by atoms with Gasteiger partial charge in [0, 0.05) is 31.3 Å². The molecule has 0 spiro atoms. The molecule has 0 saturated carbocycles. The summed E-state index contributed by atoms with van der Waals surface area (Å²) in [5.74, 6) is -0.760. The molecule has 2 unspecified atom stereocenters. The summed E-state index contributed by atoms with van der Waals surface area (Å²) < 4.78 is 5.61. The molecular formula is C25H29N3O5S. The van der Waals surface area contributed by atoms with Crippen LogP contribution in [0.1, 0.15) is 17.0 Å². The number of carbonyl (C=O) groups is 3. The van der Waals surface area contributed by atoms with E-state index in [2.05, 4.69) is 17.4 Å². The number of nitrogens with zero attached hydrogens (tertiary/aromatic N) is 2. The zero-order valence-corrected chi connectivity index (χ0v) is 20.1. The molecule has 9 heteroatoms. The number of carboxylic acids is 1. The summed E-state index contributed by atoms with van der Waals surface area (Å²) in [5, 5.41) is 11.4. The lowest BCUT2D eigenvalue weighted by Gasteiger charge is -2.33. The van der Waals surface area contributed by atoms with E-state index in [-0.39, 0.29) is 31.5 Å². The first-order valence-electron chi connectivity index (χ1n) is 11.2. The van der Waals surface area contributed by atoms with Crippen LogP contribution in [0.2, 0.25) is 0 Å². The van der Waals surface area contributed by atoms with Crippen LogP contribution in [0.15, 0.2) is 48.5 Å². The lowest BCUT2D eigenvalue weighted by molar-refractivity contribution is -0.138. The molecule has 1 saturated heterocycles. The first-order valence-corrected chi connectivity index (χ1v) is 12.3. The highest BCUT2D eigenvalue weighted by Crippen LogP contribution is 2.44. The maximum atomic E-state index is 13.2. The van der Waals surface area contributed by atoms with E-state index in [0.29, 0.717) is 12.3 Å². The highest BCUT2D eigenvalue weighted by molar-refractivity contribution is 8.00. The Morgan fingerprint density at radius 3 is 2.32 bits per heavy atom. The minimum Gasteiger partial charge on any atom is -0.480 e. The van der Waals surface area contributed by atoms with Crippen LogP contribution in [-0.2, 0) is 14.3 Å². The van der Waals surface area contributed by atoms with Crippen molar-refractivity contribution in [1.29, 1.82) is 0 Å². The number of carboxylic acid groups (broad SMARTS) is 1. The van der Waals surface area contributed by atoms with Crippen LogP contribution in [0.3, 0.4) is 0 Å². The number of fused-ring (bicyclic) bond motifs is 3. The molecule has 0 aromatic heterocycles. The van der Waals surface area contributed by atoms with Gasteiger partial charge in [0.25, 0.3) is 0 Å². The summed E-state index contributed by atoms with van der Waals surface area (Å²) in [4.78, 5) is 40.6. The molecule has 2 aromatic carbocycles. The van der Waals surface area contributed by atoms with Gasteiger partial charge < -0.3 is 25.0 Å². The molecule has 1 heterocycles. The predicted octanol–water partition coefficient (Wildman–Crippen LogP) is 2.48. The van der Waals surface area contributed by atoms with E-state index in [4.69, 9.17) is 4.74 Å². The molecule has 1 aliphatic carbocycles. The number of aliphatic carboxylic acids is 1. The molecule has 1 aliphatic heterocycles. The van der Waals surface area contributed by atoms with Gasteiger partial charge in [-0.1, -0.05) is 48.5 Å². The summed E-state index contributed by atoms with van der Waals surface area (Å²) >= 11 is 1.33. The first-order chi connectivity index (χ1) is 16.3. The third kappa shape index (κ3) is 5.20. The standard InChI is InChI=1S/C25H29N3O5S/c1-27(2)13-21(23(29)28-11-12-34-22(14-28)24(30)31)26-25(32)33-15-20-18-9-5-3-7-16(18)17-8-4-6-10-19(17)20/h3-10,20-22H,11-15H2,1-2H3,(H,26,32)(H,30,31). The molecule has 4 rings (SSSR count). The number of benzene rings is 2. The Balaban J connectivity index is 1.42. The van der Waals surface area contributed by atoms with E-state index >= 15 is 0 Å². The third-order valence-corrected chi connectivity index (χ3v) is 7.31. The van der Waals surface area contributed by atoms with Crippen molar-refractivity contribution in [2.24, 2.45) is 0 Å². The van der Waals surface area contributed by atoms with Crippen molar-refractivity contribution in [3.8, 4) is 11.1 Å². The second-order valence-electron chi connectivity index (χ2n) is 8.77. The van der Waals surface area contributed by atoms with E-state index in [1.54, 1.807) is 4.90 Å². The van der Waals surface area contributed by atoms with Gasteiger partial charge in [-0.15, -0.1) is 11.8 Å². The summed E-state index contributed by atoms with van der Waals surface area (Å²) in [7, 11) is 3.62. The molecule has 2 N–H and O–H groups in total. The highest BCUT2D eigenvalue weighted by Gasteiger charge is 2.34. The quantitative estimate of drug-likeness (QED) is 0.624. The van der Waals surface area contributed by atoms with Gasteiger partial charge in [0.05, 0.1) is 0 Å². The smallest absolute Gasteiger partial charge is 0.407 e. The van der Waals surface area contributed by atoms with Gasteiger partial charge in [-0.2, -0.15) is 0 Å². The average molecular weight is 484 g/mol. The lowest BCUT2D eigenvalue weighted by atomic mass is 9.98. The Labute approximate surface area is 203 Å². The number of nitrogens with one attached hydrogen (secondary N) is 1. The van der Waals surface area contributed by atoms with Crippen LogP contribution in [0.4, 0.5) is 4.79 Å². The van der Waals surface area contributed by atoms with Crippen molar-refractivity contribution in [3.05, 3.63) is 59.7 Å². The summed E-state index contributed by atoms with van der Waals surface area (Å²) in [6, 6.07) is 15.4. The third-order valence-electron chi connectivity index (χ3n) is 6.14. The average Bonchev–Trinajstić information content (AvgIpc) is 3.15. The lowest BCUT2D eigenvalue weighted by Crippen LogP contribution is -2.56. The van der Waals surface area contributed by atoms with Crippen molar-refractivity contribution >= 4 is 29.7 Å². The number of likely N-dealkylation sites (N-methyl/N-ethyl adjacent to an activating group) is 1. The minimum atomic E-state index is -0.934. The summed E-state index contributed by atoms with van der Waals surface area (Å²) in [6.07, 6.45) is -0.664.